The monoisotopic (exact) mass is 332 g/mol. The second kappa shape index (κ2) is 7.41. The van der Waals surface area contributed by atoms with Crippen molar-refractivity contribution in [1.29, 1.82) is 0 Å². The molecule has 7 nitrogen and oxygen atoms in total. The van der Waals surface area contributed by atoms with E-state index in [0.717, 1.165) is 0 Å². The number of nitrogens with two attached hydrogens (primary N) is 1. The Kier molecular flexibility index (Phi) is 5.32. The Hall–Kier alpha value is -2.87. The van der Waals surface area contributed by atoms with Gasteiger partial charge < -0.3 is 21.7 Å². The predicted octanol–water partition coefficient (Wildman–Crippen LogP) is 2.00. The minimum atomic E-state index is -0.687. The summed E-state index contributed by atoms with van der Waals surface area (Å²) in [7, 11) is 0. The van der Waals surface area contributed by atoms with Crippen LogP contribution in [-0.4, -0.2) is 23.9 Å². The fourth-order valence-electron chi connectivity index (χ4n) is 1.77. The Morgan fingerprint density at radius 1 is 1.04 bits per heavy atom. The van der Waals surface area contributed by atoms with Crippen LogP contribution in [0.3, 0.4) is 0 Å². The fraction of sp³-hybridized carbons (Fsp3) is 0.133. The highest BCUT2D eigenvalue weighted by molar-refractivity contribution is 7.12. The summed E-state index contributed by atoms with van der Waals surface area (Å²) in [5, 5.41) is 9.52. The van der Waals surface area contributed by atoms with Crippen LogP contribution in [0.2, 0.25) is 0 Å². The van der Waals surface area contributed by atoms with Crippen LogP contribution in [0.5, 0.6) is 0 Å². The summed E-state index contributed by atoms with van der Waals surface area (Å²) < 4.78 is 0. The molecular weight excluding hydrogens is 316 g/mol. The Bertz CT molecular complexity index is 698. The lowest BCUT2D eigenvalue weighted by Gasteiger charge is -2.14. The third kappa shape index (κ3) is 4.82. The fourth-order valence-corrected chi connectivity index (χ4v) is 2.40. The molecule has 0 aliphatic rings. The normalized spacial score (nSPS) is 11.3. The van der Waals surface area contributed by atoms with Crippen molar-refractivity contribution >= 4 is 40.6 Å². The number of hydrogen-bond donors (Lipinski definition) is 4. The summed E-state index contributed by atoms with van der Waals surface area (Å²) in [4.78, 5) is 35.2. The third-order valence-corrected chi connectivity index (χ3v) is 3.77. The third-order valence-electron chi connectivity index (χ3n) is 2.91. The van der Waals surface area contributed by atoms with Gasteiger partial charge in [0.2, 0.25) is 5.91 Å². The maximum absolute atomic E-state index is 12.1. The van der Waals surface area contributed by atoms with Gasteiger partial charge >= 0.3 is 6.03 Å². The van der Waals surface area contributed by atoms with Crippen molar-refractivity contribution < 1.29 is 14.4 Å². The van der Waals surface area contributed by atoms with Crippen LogP contribution >= 0.6 is 11.3 Å². The molecule has 4 amide bonds. The van der Waals surface area contributed by atoms with E-state index in [1.165, 1.54) is 11.3 Å². The van der Waals surface area contributed by atoms with Crippen molar-refractivity contribution in [2.45, 2.75) is 13.0 Å². The Labute approximate surface area is 136 Å². The second-order valence-electron chi connectivity index (χ2n) is 4.73. The van der Waals surface area contributed by atoms with E-state index < -0.39 is 12.1 Å². The van der Waals surface area contributed by atoms with Crippen molar-refractivity contribution in [2.24, 2.45) is 5.73 Å². The molecule has 1 unspecified atom stereocenters. The molecule has 120 valence electrons. The standard InChI is InChI=1S/C15H16N4O3S/c1-9(17-14(21)12-3-2-8-23-12)13(20)18-10-4-6-11(7-5-10)19-15(16)22/h2-9H,1H3,(H,17,21)(H,18,20)(H3,16,19,22). The average molecular weight is 332 g/mol. The van der Waals surface area contributed by atoms with Crippen molar-refractivity contribution in [3.05, 3.63) is 46.7 Å². The topological polar surface area (TPSA) is 113 Å². The van der Waals surface area contributed by atoms with Gasteiger partial charge in [-0.05, 0) is 42.6 Å². The van der Waals surface area contributed by atoms with Gasteiger partial charge in [0.25, 0.3) is 5.91 Å². The van der Waals surface area contributed by atoms with Crippen LogP contribution < -0.4 is 21.7 Å². The van der Waals surface area contributed by atoms with Crippen molar-refractivity contribution in [1.82, 2.24) is 5.32 Å². The van der Waals surface area contributed by atoms with Gasteiger partial charge in [0.1, 0.15) is 6.04 Å². The van der Waals surface area contributed by atoms with E-state index in [1.807, 2.05) is 0 Å². The number of rotatable bonds is 5. The Morgan fingerprint density at radius 2 is 1.65 bits per heavy atom. The van der Waals surface area contributed by atoms with E-state index >= 15 is 0 Å². The lowest BCUT2D eigenvalue weighted by atomic mass is 10.2. The van der Waals surface area contributed by atoms with Crippen LogP contribution in [0.4, 0.5) is 16.2 Å². The van der Waals surface area contributed by atoms with Crippen LogP contribution in [0, 0.1) is 0 Å². The van der Waals surface area contributed by atoms with E-state index in [-0.39, 0.29) is 11.8 Å². The molecule has 0 saturated carbocycles. The summed E-state index contributed by atoms with van der Waals surface area (Å²) >= 11 is 1.31. The first kappa shape index (κ1) is 16.5. The van der Waals surface area contributed by atoms with Crippen LogP contribution in [0.1, 0.15) is 16.6 Å². The number of benzene rings is 1. The summed E-state index contributed by atoms with van der Waals surface area (Å²) in [6.45, 7) is 1.60. The molecule has 0 aliphatic carbocycles. The Balaban J connectivity index is 1.90. The number of nitrogens with one attached hydrogen (secondary N) is 3. The first-order valence-corrected chi connectivity index (χ1v) is 7.65. The SMILES string of the molecule is CC(NC(=O)c1cccs1)C(=O)Nc1ccc(NC(N)=O)cc1. The zero-order valence-electron chi connectivity index (χ0n) is 12.3. The van der Waals surface area contributed by atoms with Gasteiger partial charge in [0, 0.05) is 11.4 Å². The highest BCUT2D eigenvalue weighted by Gasteiger charge is 2.17. The number of primary amides is 1. The highest BCUT2D eigenvalue weighted by atomic mass is 32.1. The molecule has 5 N–H and O–H groups in total. The maximum Gasteiger partial charge on any atom is 0.316 e. The first-order chi connectivity index (χ1) is 11.0. The van der Waals surface area contributed by atoms with E-state index in [0.29, 0.717) is 16.3 Å². The molecule has 2 aromatic rings. The molecule has 0 bridgehead atoms. The van der Waals surface area contributed by atoms with Crippen LogP contribution in [-0.2, 0) is 4.79 Å². The first-order valence-electron chi connectivity index (χ1n) is 6.77. The van der Waals surface area contributed by atoms with Crippen LogP contribution in [0.25, 0.3) is 0 Å². The lowest BCUT2D eigenvalue weighted by molar-refractivity contribution is -0.117. The lowest BCUT2D eigenvalue weighted by Crippen LogP contribution is -2.41. The average Bonchev–Trinajstić information content (AvgIpc) is 3.03. The quantitative estimate of drug-likeness (QED) is 0.671. The molecule has 0 aliphatic heterocycles. The summed E-state index contributed by atoms with van der Waals surface area (Å²) in [5.41, 5.74) is 6.08. The molecular formula is C15H16N4O3S. The number of amides is 4. The zero-order chi connectivity index (χ0) is 16.8. The molecule has 0 spiro atoms. The molecule has 0 fully saturated rings. The molecule has 8 heteroatoms. The minimum absolute atomic E-state index is 0.288. The van der Waals surface area contributed by atoms with Crippen molar-refractivity contribution in [3.8, 4) is 0 Å². The Morgan fingerprint density at radius 3 is 2.17 bits per heavy atom. The molecule has 1 atom stereocenters. The molecule has 1 aromatic heterocycles. The smallest absolute Gasteiger partial charge is 0.316 e. The molecule has 2 rings (SSSR count). The molecule has 23 heavy (non-hydrogen) atoms. The molecule has 1 heterocycles. The number of carbonyl (C=O) groups is 3. The van der Waals surface area contributed by atoms with Crippen LogP contribution in [0.15, 0.2) is 41.8 Å². The number of carbonyl (C=O) groups excluding carboxylic acids is 3. The van der Waals surface area contributed by atoms with Gasteiger partial charge in [-0.15, -0.1) is 11.3 Å². The summed E-state index contributed by atoms with van der Waals surface area (Å²) in [6.07, 6.45) is 0. The summed E-state index contributed by atoms with van der Waals surface area (Å²) in [6, 6.07) is 8.57. The number of anilines is 2. The molecule has 1 aromatic carbocycles. The second-order valence-corrected chi connectivity index (χ2v) is 5.68. The van der Waals surface area contributed by atoms with Gasteiger partial charge in [0.05, 0.1) is 4.88 Å². The van der Waals surface area contributed by atoms with Gasteiger partial charge in [-0.25, -0.2) is 4.79 Å². The van der Waals surface area contributed by atoms with Gasteiger partial charge in [0.15, 0.2) is 0 Å². The van der Waals surface area contributed by atoms with E-state index in [9.17, 15) is 14.4 Å². The zero-order valence-corrected chi connectivity index (χ0v) is 13.1. The summed E-state index contributed by atoms with van der Waals surface area (Å²) in [5.74, 6) is -0.630. The number of thiophene rings is 1. The minimum Gasteiger partial charge on any atom is -0.351 e. The predicted molar refractivity (Wildman–Crippen MR) is 89.5 cm³/mol. The molecule has 0 saturated heterocycles. The van der Waals surface area contributed by atoms with E-state index in [4.69, 9.17) is 5.73 Å². The maximum atomic E-state index is 12.1. The van der Waals surface area contributed by atoms with E-state index in [1.54, 1.807) is 48.7 Å². The molecule has 0 radical (unpaired) electrons. The van der Waals surface area contributed by atoms with Gasteiger partial charge in [-0.1, -0.05) is 6.07 Å². The van der Waals surface area contributed by atoms with Crippen molar-refractivity contribution in [2.75, 3.05) is 10.6 Å². The van der Waals surface area contributed by atoms with Crippen molar-refractivity contribution in [3.63, 3.8) is 0 Å². The van der Waals surface area contributed by atoms with Gasteiger partial charge in [-0.3, -0.25) is 9.59 Å². The number of hydrogen-bond acceptors (Lipinski definition) is 4. The number of urea groups is 1. The van der Waals surface area contributed by atoms with Gasteiger partial charge in [-0.2, -0.15) is 0 Å². The largest absolute Gasteiger partial charge is 0.351 e. The van der Waals surface area contributed by atoms with E-state index in [2.05, 4.69) is 16.0 Å². The highest BCUT2D eigenvalue weighted by Crippen LogP contribution is 2.14.